The quantitative estimate of drug-likeness (QED) is 0.694. The summed E-state index contributed by atoms with van der Waals surface area (Å²) in [5, 5.41) is 2.96. The zero-order chi connectivity index (χ0) is 10.4. The minimum absolute atomic E-state index is 0.135. The highest BCUT2D eigenvalue weighted by molar-refractivity contribution is 5.34. The highest BCUT2D eigenvalue weighted by atomic mass is 16.1. The highest BCUT2D eigenvalue weighted by Gasteiger charge is 1.97. The smallest absolute Gasteiger partial charge is 0.252 e. The van der Waals surface area contributed by atoms with Gasteiger partial charge in [0.25, 0.3) is 5.56 Å². The predicted molar refractivity (Wildman–Crippen MR) is 56.2 cm³/mol. The number of nitrogens with one attached hydrogen (secondary N) is 2. The minimum atomic E-state index is -0.135. The Balaban J connectivity index is 2.79. The number of nitrogens with zero attached hydrogens (tertiary/aromatic N) is 1. The summed E-state index contributed by atoms with van der Waals surface area (Å²) >= 11 is 0. The van der Waals surface area contributed by atoms with Gasteiger partial charge in [0, 0.05) is 12.5 Å². The Hall–Kier alpha value is -1.76. The SMILES string of the molecule is CC#CCNc1cc(=O)[nH]c(CC)n1. The van der Waals surface area contributed by atoms with E-state index < -0.39 is 0 Å². The third kappa shape index (κ3) is 2.94. The Morgan fingerprint density at radius 1 is 1.64 bits per heavy atom. The Bertz CT molecular complexity index is 411. The van der Waals surface area contributed by atoms with Crippen LogP contribution in [0.5, 0.6) is 0 Å². The molecule has 2 N–H and O–H groups in total. The molecule has 1 aromatic heterocycles. The molecule has 1 aromatic rings. The van der Waals surface area contributed by atoms with Crippen LogP contribution in [0, 0.1) is 11.8 Å². The van der Waals surface area contributed by atoms with Gasteiger partial charge in [0.1, 0.15) is 11.6 Å². The molecule has 0 aliphatic carbocycles. The van der Waals surface area contributed by atoms with Crippen LogP contribution >= 0.6 is 0 Å². The lowest BCUT2D eigenvalue weighted by Gasteiger charge is -2.02. The Kier molecular flexibility index (Phi) is 3.74. The predicted octanol–water partition coefficient (Wildman–Crippen LogP) is 0.767. The maximum atomic E-state index is 11.1. The van der Waals surface area contributed by atoms with Gasteiger partial charge in [-0.2, -0.15) is 0 Å². The monoisotopic (exact) mass is 191 g/mol. The first-order valence-electron chi connectivity index (χ1n) is 4.50. The second-order valence-electron chi connectivity index (χ2n) is 2.71. The van der Waals surface area contributed by atoms with Crippen molar-refractivity contribution in [2.45, 2.75) is 20.3 Å². The Labute approximate surface area is 82.8 Å². The van der Waals surface area contributed by atoms with E-state index in [1.807, 2.05) is 6.92 Å². The van der Waals surface area contributed by atoms with E-state index in [9.17, 15) is 4.79 Å². The summed E-state index contributed by atoms with van der Waals surface area (Å²) in [5.74, 6) is 6.86. The second kappa shape index (κ2) is 5.07. The van der Waals surface area contributed by atoms with Crippen molar-refractivity contribution < 1.29 is 0 Å². The van der Waals surface area contributed by atoms with E-state index in [0.717, 1.165) is 0 Å². The number of aromatic amines is 1. The molecule has 0 saturated carbocycles. The molecule has 1 rings (SSSR count). The van der Waals surface area contributed by atoms with Gasteiger partial charge in [-0.1, -0.05) is 12.8 Å². The van der Waals surface area contributed by atoms with Crippen molar-refractivity contribution in [3.8, 4) is 11.8 Å². The van der Waals surface area contributed by atoms with Gasteiger partial charge < -0.3 is 10.3 Å². The van der Waals surface area contributed by atoms with Gasteiger partial charge in [-0.25, -0.2) is 4.98 Å². The van der Waals surface area contributed by atoms with Gasteiger partial charge in [-0.05, 0) is 6.92 Å². The first-order valence-corrected chi connectivity index (χ1v) is 4.50. The lowest BCUT2D eigenvalue weighted by atomic mass is 10.4. The molecule has 0 amide bonds. The van der Waals surface area contributed by atoms with Gasteiger partial charge in [-0.15, -0.1) is 5.92 Å². The number of H-pyrrole nitrogens is 1. The van der Waals surface area contributed by atoms with Crippen LogP contribution in [0.2, 0.25) is 0 Å². The molecule has 4 nitrogen and oxygen atoms in total. The number of anilines is 1. The molecular formula is C10H13N3O. The first-order chi connectivity index (χ1) is 6.76. The average Bonchev–Trinajstić information content (AvgIpc) is 2.17. The molecule has 0 aliphatic heterocycles. The van der Waals surface area contributed by atoms with Crippen LogP contribution in [0.3, 0.4) is 0 Å². The van der Waals surface area contributed by atoms with E-state index in [4.69, 9.17) is 0 Å². The molecule has 0 radical (unpaired) electrons. The Morgan fingerprint density at radius 2 is 2.43 bits per heavy atom. The summed E-state index contributed by atoms with van der Waals surface area (Å²) in [7, 11) is 0. The van der Waals surface area contributed by atoms with Crippen molar-refractivity contribution in [1.82, 2.24) is 9.97 Å². The summed E-state index contributed by atoms with van der Waals surface area (Å²) in [6, 6.07) is 1.43. The van der Waals surface area contributed by atoms with E-state index >= 15 is 0 Å². The zero-order valence-corrected chi connectivity index (χ0v) is 8.35. The summed E-state index contributed by atoms with van der Waals surface area (Å²) in [6.07, 6.45) is 0.713. The van der Waals surface area contributed by atoms with Crippen LogP contribution in [0.1, 0.15) is 19.7 Å². The van der Waals surface area contributed by atoms with Crippen LogP contribution in [0.25, 0.3) is 0 Å². The fourth-order valence-electron chi connectivity index (χ4n) is 0.989. The molecule has 0 aromatic carbocycles. The van der Waals surface area contributed by atoms with Crippen molar-refractivity contribution in [2.75, 3.05) is 11.9 Å². The molecule has 14 heavy (non-hydrogen) atoms. The van der Waals surface area contributed by atoms with Gasteiger partial charge in [0.05, 0.1) is 6.54 Å². The van der Waals surface area contributed by atoms with E-state index in [0.29, 0.717) is 24.6 Å². The number of rotatable bonds is 3. The van der Waals surface area contributed by atoms with Gasteiger partial charge in [0.15, 0.2) is 0 Å². The summed E-state index contributed by atoms with van der Waals surface area (Å²) < 4.78 is 0. The maximum Gasteiger partial charge on any atom is 0.252 e. The lowest BCUT2D eigenvalue weighted by molar-refractivity contribution is 0.920. The van der Waals surface area contributed by atoms with Crippen LogP contribution in [-0.2, 0) is 6.42 Å². The van der Waals surface area contributed by atoms with Crippen LogP contribution < -0.4 is 10.9 Å². The summed E-state index contributed by atoms with van der Waals surface area (Å²) in [5.41, 5.74) is -0.135. The van der Waals surface area contributed by atoms with Crippen molar-refractivity contribution in [1.29, 1.82) is 0 Å². The lowest BCUT2D eigenvalue weighted by Crippen LogP contribution is -2.13. The van der Waals surface area contributed by atoms with E-state index in [2.05, 4.69) is 27.1 Å². The molecule has 4 heteroatoms. The number of hydrogen-bond donors (Lipinski definition) is 2. The van der Waals surface area contributed by atoms with Gasteiger partial charge in [0.2, 0.25) is 0 Å². The fourth-order valence-corrected chi connectivity index (χ4v) is 0.989. The summed E-state index contributed by atoms with van der Waals surface area (Å²) in [6.45, 7) is 4.22. The van der Waals surface area contributed by atoms with Crippen molar-refractivity contribution in [3.63, 3.8) is 0 Å². The van der Waals surface area contributed by atoms with E-state index in [1.165, 1.54) is 6.07 Å². The molecule has 0 atom stereocenters. The third-order valence-corrected chi connectivity index (χ3v) is 1.66. The molecule has 74 valence electrons. The molecule has 0 unspecified atom stereocenters. The van der Waals surface area contributed by atoms with Gasteiger partial charge >= 0.3 is 0 Å². The van der Waals surface area contributed by atoms with Crippen LogP contribution in [0.4, 0.5) is 5.82 Å². The topological polar surface area (TPSA) is 57.8 Å². The van der Waals surface area contributed by atoms with Crippen molar-refractivity contribution in [2.24, 2.45) is 0 Å². The van der Waals surface area contributed by atoms with Crippen LogP contribution in [0.15, 0.2) is 10.9 Å². The van der Waals surface area contributed by atoms with Crippen molar-refractivity contribution >= 4 is 5.82 Å². The molecule has 0 bridgehead atoms. The molecule has 0 saturated heterocycles. The van der Waals surface area contributed by atoms with E-state index in [-0.39, 0.29) is 5.56 Å². The highest BCUT2D eigenvalue weighted by Crippen LogP contribution is 1.97. The first kappa shape index (κ1) is 10.3. The number of aromatic nitrogens is 2. The standard InChI is InChI=1S/C10H13N3O/c1-3-5-6-11-9-7-10(14)13-8(4-2)12-9/h7H,4,6H2,1-2H3,(H2,11,12,13,14). The Morgan fingerprint density at radius 3 is 3.07 bits per heavy atom. The summed E-state index contributed by atoms with van der Waals surface area (Å²) in [4.78, 5) is 18.0. The molecule has 0 spiro atoms. The molecule has 1 heterocycles. The number of hydrogen-bond acceptors (Lipinski definition) is 3. The maximum absolute atomic E-state index is 11.1. The molecular weight excluding hydrogens is 178 g/mol. The zero-order valence-electron chi connectivity index (χ0n) is 8.35. The van der Waals surface area contributed by atoms with Gasteiger partial charge in [-0.3, -0.25) is 4.79 Å². The second-order valence-corrected chi connectivity index (χ2v) is 2.71. The average molecular weight is 191 g/mol. The normalized spacial score (nSPS) is 9.00. The minimum Gasteiger partial charge on any atom is -0.359 e. The molecule has 0 aliphatic rings. The molecule has 0 fully saturated rings. The fraction of sp³-hybridized carbons (Fsp3) is 0.400. The largest absolute Gasteiger partial charge is 0.359 e. The number of aryl methyl sites for hydroxylation is 1. The van der Waals surface area contributed by atoms with Crippen molar-refractivity contribution in [3.05, 3.63) is 22.2 Å². The van der Waals surface area contributed by atoms with Crippen LogP contribution in [-0.4, -0.2) is 16.5 Å². The van der Waals surface area contributed by atoms with E-state index in [1.54, 1.807) is 6.92 Å². The third-order valence-electron chi connectivity index (χ3n) is 1.66.